The Balaban J connectivity index is 2.81. The summed E-state index contributed by atoms with van der Waals surface area (Å²) in [5, 5.41) is 8.79. The maximum Gasteiger partial charge on any atom is 0.335 e. The largest absolute Gasteiger partial charge is 0.478 e. The molecule has 0 spiro atoms. The van der Waals surface area contributed by atoms with Gasteiger partial charge in [0.15, 0.2) is 9.84 Å². The Bertz CT molecular complexity index is 533. The first kappa shape index (κ1) is 14.4. The molecule has 0 radical (unpaired) electrons. The normalized spacial score (nSPS) is 11.1. The number of sulfone groups is 1. The molecule has 0 aliphatic heterocycles. The van der Waals surface area contributed by atoms with Gasteiger partial charge in [-0.15, -0.1) is 6.58 Å². The van der Waals surface area contributed by atoms with E-state index in [1.807, 2.05) is 0 Å². The van der Waals surface area contributed by atoms with Gasteiger partial charge in [0.25, 0.3) is 0 Å². The highest BCUT2D eigenvalue weighted by atomic mass is 32.2. The fourth-order valence-electron chi connectivity index (χ4n) is 1.28. The van der Waals surface area contributed by atoms with Crippen molar-refractivity contribution in [1.82, 2.24) is 0 Å². The standard InChI is InChI=1S/C12H14O5S/c1-2-6-17-7-8-18(15,16)11-5-3-4-10(9-11)12(13)14/h2-5,9H,1,6-8H2,(H,13,14). The number of hydrogen-bond donors (Lipinski definition) is 1. The molecule has 6 heteroatoms. The van der Waals surface area contributed by atoms with Gasteiger partial charge in [0.2, 0.25) is 0 Å². The van der Waals surface area contributed by atoms with Crippen molar-refractivity contribution in [2.75, 3.05) is 19.0 Å². The van der Waals surface area contributed by atoms with Crippen molar-refractivity contribution in [2.45, 2.75) is 4.90 Å². The molecular formula is C12H14O5S. The lowest BCUT2D eigenvalue weighted by atomic mass is 10.2. The van der Waals surface area contributed by atoms with Crippen molar-refractivity contribution in [3.05, 3.63) is 42.5 Å². The van der Waals surface area contributed by atoms with Crippen molar-refractivity contribution in [1.29, 1.82) is 0 Å². The zero-order valence-corrected chi connectivity index (χ0v) is 10.5. The van der Waals surface area contributed by atoms with Crippen molar-refractivity contribution < 1.29 is 23.1 Å². The molecule has 0 unspecified atom stereocenters. The third-order valence-corrected chi connectivity index (χ3v) is 3.85. The zero-order valence-electron chi connectivity index (χ0n) is 9.70. The van der Waals surface area contributed by atoms with E-state index in [9.17, 15) is 13.2 Å². The Hall–Kier alpha value is -1.66. The number of rotatable bonds is 7. The SMILES string of the molecule is C=CCOCCS(=O)(=O)c1cccc(C(=O)O)c1. The second kappa shape index (κ2) is 6.32. The molecular weight excluding hydrogens is 256 g/mol. The molecule has 0 aliphatic rings. The fraction of sp³-hybridized carbons (Fsp3) is 0.250. The number of aromatic carboxylic acids is 1. The quantitative estimate of drug-likeness (QED) is 0.597. The zero-order chi connectivity index (χ0) is 13.6. The third kappa shape index (κ3) is 3.97. The molecule has 0 amide bonds. The lowest BCUT2D eigenvalue weighted by Gasteiger charge is -2.05. The van der Waals surface area contributed by atoms with Gasteiger partial charge in [0.1, 0.15) is 0 Å². The molecule has 0 atom stereocenters. The van der Waals surface area contributed by atoms with Gasteiger partial charge in [-0.2, -0.15) is 0 Å². The summed E-state index contributed by atoms with van der Waals surface area (Å²) in [6.07, 6.45) is 1.53. The molecule has 5 nitrogen and oxygen atoms in total. The van der Waals surface area contributed by atoms with Crippen LogP contribution >= 0.6 is 0 Å². The highest BCUT2D eigenvalue weighted by molar-refractivity contribution is 7.91. The number of carboxylic acid groups (broad SMARTS) is 1. The van der Waals surface area contributed by atoms with Crippen LogP contribution in [-0.2, 0) is 14.6 Å². The van der Waals surface area contributed by atoms with E-state index >= 15 is 0 Å². The summed E-state index contributed by atoms with van der Waals surface area (Å²) in [5.41, 5.74) is -0.0527. The molecule has 0 aromatic heterocycles. The van der Waals surface area contributed by atoms with Crippen LogP contribution < -0.4 is 0 Å². The minimum atomic E-state index is -3.52. The topological polar surface area (TPSA) is 80.7 Å². The van der Waals surface area contributed by atoms with Crippen LogP contribution in [0, 0.1) is 0 Å². The van der Waals surface area contributed by atoms with Gasteiger partial charge in [-0.1, -0.05) is 12.1 Å². The van der Waals surface area contributed by atoms with Crippen LogP contribution in [0.5, 0.6) is 0 Å². The van der Waals surface area contributed by atoms with E-state index in [4.69, 9.17) is 9.84 Å². The minimum Gasteiger partial charge on any atom is -0.478 e. The Labute approximate surface area is 106 Å². The van der Waals surface area contributed by atoms with Gasteiger partial charge in [-0.25, -0.2) is 13.2 Å². The van der Waals surface area contributed by atoms with Gasteiger partial charge in [-0.05, 0) is 18.2 Å². The molecule has 0 bridgehead atoms. The van der Waals surface area contributed by atoms with Crippen molar-refractivity contribution in [3.63, 3.8) is 0 Å². The molecule has 1 N–H and O–H groups in total. The van der Waals surface area contributed by atoms with E-state index in [2.05, 4.69) is 6.58 Å². The van der Waals surface area contributed by atoms with Crippen LogP contribution in [-0.4, -0.2) is 38.5 Å². The second-order valence-electron chi connectivity index (χ2n) is 3.52. The Kier molecular flexibility index (Phi) is 5.06. The van der Waals surface area contributed by atoms with E-state index in [-0.39, 0.29) is 29.4 Å². The van der Waals surface area contributed by atoms with Crippen LogP contribution in [0.2, 0.25) is 0 Å². The van der Waals surface area contributed by atoms with E-state index in [1.54, 1.807) is 0 Å². The van der Waals surface area contributed by atoms with Crippen molar-refractivity contribution >= 4 is 15.8 Å². The van der Waals surface area contributed by atoms with Gasteiger partial charge in [-0.3, -0.25) is 0 Å². The summed E-state index contributed by atoms with van der Waals surface area (Å²) in [7, 11) is -3.52. The predicted octanol–water partition coefficient (Wildman–Crippen LogP) is 1.36. The maximum absolute atomic E-state index is 11.9. The van der Waals surface area contributed by atoms with Crippen LogP contribution in [0.25, 0.3) is 0 Å². The monoisotopic (exact) mass is 270 g/mol. The van der Waals surface area contributed by atoms with Gasteiger partial charge < -0.3 is 9.84 Å². The highest BCUT2D eigenvalue weighted by Crippen LogP contribution is 2.13. The first-order chi connectivity index (χ1) is 8.47. The average molecular weight is 270 g/mol. The summed E-state index contributed by atoms with van der Waals surface area (Å²) in [6.45, 7) is 3.77. The molecule has 0 aliphatic carbocycles. The van der Waals surface area contributed by atoms with E-state index in [0.29, 0.717) is 0 Å². The molecule has 0 heterocycles. The van der Waals surface area contributed by atoms with Crippen LogP contribution in [0.1, 0.15) is 10.4 Å². The van der Waals surface area contributed by atoms with Crippen LogP contribution in [0.4, 0.5) is 0 Å². The summed E-state index contributed by atoms with van der Waals surface area (Å²) in [4.78, 5) is 10.7. The maximum atomic E-state index is 11.9. The molecule has 0 saturated heterocycles. The van der Waals surface area contributed by atoms with Gasteiger partial charge >= 0.3 is 5.97 Å². The summed E-state index contributed by atoms with van der Waals surface area (Å²) >= 11 is 0. The van der Waals surface area contributed by atoms with Crippen LogP contribution in [0.15, 0.2) is 41.8 Å². The molecule has 0 saturated carbocycles. The van der Waals surface area contributed by atoms with Crippen molar-refractivity contribution in [2.24, 2.45) is 0 Å². The molecule has 1 rings (SSSR count). The number of carbonyl (C=O) groups is 1. The Morgan fingerprint density at radius 1 is 1.44 bits per heavy atom. The number of benzene rings is 1. The van der Waals surface area contributed by atoms with Gasteiger partial charge in [0.05, 0.1) is 29.4 Å². The Morgan fingerprint density at radius 3 is 2.78 bits per heavy atom. The lowest BCUT2D eigenvalue weighted by molar-refractivity contribution is 0.0696. The Morgan fingerprint density at radius 2 is 2.17 bits per heavy atom. The predicted molar refractivity (Wildman–Crippen MR) is 66.5 cm³/mol. The van der Waals surface area contributed by atoms with E-state index < -0.39 is 15.8 Å². The van der Waals surface area contributed by atoms with Crippen molar-refractivity contribution in [3.8, 4) is 0 Å². The van der Waals surface area contributed by atoms with Crippen LogP contribution in [0.3, 0.4) is 0 Å². The number of carboxylic acids is 1. The first-order valence-corrected chi connectivity index (χ1v) is 6.87. The molecule has 1 aromatic carbocycles. The average Bonchev–Trinajstić information content (AvgIpc) is 2.35. The molecule has 18 heavy (non-hydrogen) atoms. The van der Waals surface area contributed by atoms with Gasteiger partial charge in [0, 0.05) is 0 Å². The highest BCUT2D eigenvalue weighted by Gasteiger charge is 2.16. The fourth-order valence-corrected chi connectivity index (χ4v) is 2.44. The van der Waals surface area contributed by atoms with E-state index in [1.165, 1.54) is 24.3 Å². The molecule has 98 valence electrons. The summed E-state index contributed by atoms with van der Waals surface area (Å²) in [5.74, 6) is -1.35. The third-order valence-electron chi connectivity index (χ3n) is 2.17. The smallest absolute Gasteiger partial charge is 0.335 e. The lowest BCUT2D eigenvalue weighted by Crippen LogP contribution is -2.13. The first-order valence-electron chi connectivity index (χ1n) is 5.22. The number of ether oxygens (including phenoxy) is 1. The molecule has 1 aromatic rings. The number of hydrogen-bond acceptors (Lipinski definition) is 4. The molecule has 0 fully saturated rings. The second-order valence-corrected chi connectivity index (χ2v) is 5.62. The summed E-state index contributed by atoms with van der Waals surface area (Å²) in [6, 6.07) is 5.26. The van der Waals surface area contributed by atoms with E-state index in [0.717, 1.165) is 6.07 Å². The summed E-state index contributed by atoms with van der Waals surface area (Å²) < 4.78 is 28.7. The minimum absolute atomic E-state index is 0.00963.